The first-order valence-electron chi connectivity index (χ1n) is 4.03. The van der Waals surface area contributed by atoms with E-state index in [0.717, 1.165) is 12.8 Å². The first kappa shape index (κ1) is 10.7. The fourth-order valence-corrected chi connectivity index (χ4v) is 0.760. The predicted octanol–water partition coefficient (Wildman–Crippen LogP) is 2.32. The zero-order chi connectivity index (χ0) is 9.23. The molecule has 0 saturated heterocycles. The lowest BCUT2D eigenvalue weighted by Gasteiger charge is -1.99. The standard InChI is InChI=1S/C8H11N.C2H4O/c1-2-9-8-6-4-3-5-7-8;1-2-3/h3-7,9H,2H2,1H3;2H,1H3. The molecule has 0 fully saturated rings. The monoisotopic (exact) mass is 165 g/mol. The Kier molecular flexibility index (Phi) is 6.94. The van der Waals surface area contributed by atoms with Gasteiger partial charge in [0.1, 0.15) is 6.29 Å². The van der Waals surface area contributed by atoms with Gasteiger partial charge in [0, 0.05) is 12.2 Å². The van der Waals surface area contributed by atoms with Gasteiger partial charge in [-0.1, -0.05) is 18.2 Å². The van der Waals surface area contributed by atoms with Crippen molar-refractivity contribution < 1.29 is 4.79 Å². The Hall–Kier alpha value is -1.31. The van der Waals surface area contributed by atoms with Crippen LogP contribution in [0.3, 0.4) is 0 Å². The van der Waals surface area contributed by atoms with Crippen molar-refractivity contribution in [3.05, 3.63) is 30.3 Å². The molecule has 12 heavy (non-hydrogen) atoms. The zero-order valence-electron chi connectivity index (χ0n) is 7.58. The number of carbonyl (C=O) groups excluding carboxylic acids is 1. The maximum absolute atomic E-state index is 8.81. The van der Waals surface area contributed by atoms with Crippen molar-refractivity contribution in [2.75, 3.05) is 11.9 Å². The van der Waals surface area contributed by atoms with Crippen LogP contribution in [0.5, 0.6) is 0 Å². The van der Waals surface area contributed by atoms with E-state index in [1.165, 1.54) is 12.6 Å². The number of hydrogen-bond donors (Lipinski definition) is 1. The van der Waals surface area contributed by atoms with Crippen LogP contribution in [0, 0.1) is 0 Å². The summed E-state index contributed by atoms with van der Waals surface area (Å²) in [4.78, 5) is 8.81. The van der Waals surface area contributed by atoms with Gasteiger partial charge in [0.05, 0.1) is 0 Å². The fraction of sp³-hybridized carbons (Fsp3) is 0.300. The van der Waals surface area contributed by atoms with Gasteiger partial charge in [0.15, 0.2) is 0 Å². The van der Waals surface area contributed by atoms with Gasteiger partial charge < -0.3 is 10.1 Å². The molecule has 66 valence electrons. The first-order chi connectivity index (χ1) is 5.85. The van der Waals surface area contributed by atoms with E-state index in [-0.39, 0.29) is 0 Å². The Morgan fingerprint density at radius 1 is 1.33 bits per heavy atom. The first-order valence-corrected chi connectivity index (χ1v) is 4.03. The Morgan fingerprint density at radius 2 is 1.83 bits per heavy atom. The van der Waals surface area contributed by atoms with Gasteiger partial charge in [-0.3, -0.25) is 0 Å². The van der Waals surface area contributed by atoms with E-state index in [4.69, 9.17) is 4.79 Å². The number of carbonyl (C=O) groups is 1. The molecule has 0 heterocycles. The second kappa shape index (κ2) is 7.79. The predicted molar refractivity (Wildman–Crippen MR) is 52.3 cm³/mol. The Balaban J connectivity index is 0.000000354. The van der Waals surface area contributed by atoms with Crippen molar-refractivity contribution in [3.63, 3.8) is 0 Å². The van der Waals surface area contributed by atoms with Gasteiger partial charge >= 0.3 is 0 Å². The summed E-state index contributed by atoms with van der Waals surface area (Å²) in [6.45, 7) is 4.52. The van der Waals surface area contributed by atoms with Gasteiger partial charge in [0.2, 0.25) is 0 Å². The third kappa shape index (κ3) is 5.47. The van der Waals surface area contributed by atoms with Gasteiger partial charge in [-0.15, -0.1) is 0 Å². The molecule has 0 aliphatic heterocycles. The molecule has 0 bridgehead atoms. The second-order valence-corrected chi connectivity index (χ2v) is 2.13. The van der Waals surface area contributed by atoms with Gasteiger partial charge in [-0.2, -0.15) is 0 Å². The average Bonchev–Trinajstić information content (AvgIpc) is 2.08. The maximum atomic E-state index is 8.81. The summed E-state index contributed by atoms with van der Waals surface area (Å²) >= 11 is 0. The molecule has 0 radical (unpaired) electrons. The van der Waals surface area contributed by atoms with Gasteiger partial charge in [-0.05, 0) is 26.0 Å². The van der Waals surface area contributed by atoms with Crippen molar-refractivity contribution in [2.24, 2.45) is 0 Å². The van der Waals surface area contributed by atoms with E-state index in [1.807, 2.05) is 18.2 Å². The van der Waals surface area contributed by atoms with E-state index >= 15 is 0 Å². The second-order valence-electron chi connectivity index (χ2n) is 2.13. The van der Waals surface area contributed by atoms with Crippen molar-refractivity contribution in [1.29, 1.82) is 0 Å². The summed E-state index contributed by atoms with van der Waals surface area (Å²) in [6, 6.07) is 10.2. The Morgan fingerprint density at radius 3 is 2.25 bits per heavy atom. The highest BCUT2D eigenvalue weighted by Gasteiger charge is 1.81. The molecule has 2 nitrogen and oxygen atoms in total. The summed E-state index contributed by atoms with van der Waals surface area (Å²) in [5.41, 5.74) is 1.19. The van der Waals surface area contributed by atoms with E-state index in [1.54, 1.807) is 0 Å². The molecular formula is C10H15NO. The highest BCUT2D eigenvalue weighted by atomic mass is 16.1. The highest BCUT2D eigenvalue weighted by Crippen LogP contribution is 2.02. The van der Waals surface area contributed by atoms with Crippen molar-refractivity contribution in [2.45, 2.75) is 13.8 Å². The van der Waals surface area contributed by atoms with Crippen LogP contribution in [-0.4, -0.2) is 12.8 Å². The van der Waals surface area contributed by atoms with Crippen LogP contribution < -0.4 is 5.32 Å². The van der Waals surface area contributed by atoms with Gasteiger partial charge in [-0.25, -0.2) is 0 Å². The van der Waals surface area contributed by atoms with Crippen LogP contribution in [-0.2, 0) is 4.79 Å². The van der Waals surface area contributed by atoms with Crippen molar-refractivity contribution >= 4 is 12.0 Å². The Labute approximate surface area is 73.6 Å². The molecule has 0 aliphatic rings. The van der Waals surface area contributed by atoms with Crippen molar-refractivity contribution in [1.82, 2.24) is 0 Å². The highest BCUT2D eigenvalue weighted by molar-refractivity contribution is 5.44. The minimum Gasteiger partial charge on any atom is -0.385 e. The van der Waals surface area contributed by atoms with Crippen molar-refractivity contribution in [3.8, 4) is 0 Å². The molecule has 0 saturated carbocycles. The number of nitrogens with one attached hydrogen (secondary N) is 1. The molecular weight excluding hydrogens is 150 g/mol. The number of benzene rings is 1. The summed E-state index contributed by atoms with van der Waals surface area (Å²) in [5, 5.41) is 3.21. The maximum Gasteiger partial charge on any atom is 0.116 e. The summed E-state index contributed by atoms with van der Waals surface area (Å²) in [7, 11) is 0. The number of rotatable bonds is 2. The molecule has 0 amide bonds. The molecule has 0 aromatic heterocycles. The molecule has 1 N–H and O–H groups in total. The molecule has 0 spiro atoms. The number of anilines is 1. The quantitative estimate of drug-likeness (QED) is 0.681. The minimum atomic E-state index is 0.750. The molecule has 1 aromatic carbocycles. The van der Waals surface area contributed by atoms with Crippen LogP contribution in [0.1, 0.15) is 13.8 Å². The summed E-state index contributed by atoms with van der Waals surface area (Å²) < 4.78 is 0. The molecule has 2 heteroatoms. The van der Waals surface area contributed by atoms with Crippen LogP contribution in [0.25, 0.3) is 0 Å². The summed E-state index contributed by atoms with van der Waals surface area (Å²) in [5.74, 6) is 0. The van der Waals surface area contributed by atoms with Crippen LogP contribution >= 0.6 is 0 Å². The smallest absolute Gasteiger partial charge is 0.116 e. The Bertz CT molecular complexity index is 196. The van der Waals surface area contributed by atoms with E-state index in [2.05, 4.69) is 24.4 Å². The van der Waals surface area contributed by atoms with E-state index < -0.39 is 0 Å². The summed E-state index contributed by atoms with van der Waals surface area (Å²) in [6.07, 6.45) is 0.750. The molecule has 0 aliphatic carbocycles. The van der Waals surface area contributed by atoms with Crippen LogP contribution in [0.2, 0.25) is 0 Å². The lowest BCUT2D eigenvalue weighted by Crippen LogP contribution is -1.94. The van der Waals surface area contributed by atoms with Crippen LogP contribution in [0.4, 0.5) is 5.69 Å². The van der Waals surface area contributed by atoms with E-state index in [0.29, 0.717) is 0 Å². The fourth-order valence-electron chi connectivity index (χ4n) is 0.760. The lowest BCUT2D eigenvalue weighted by atomic mass is 10.3. The molecule has 1 rings (SSSR count). The number of hydrogen-bond acceptors (Lipinski definition) is 2. The third-order valence-corrected chi connectivity index (χ3v) is 1.15. The zero-order valence-corrected chi connectivity index (χ0v) is 7.58. The average molecular weight is 165 g/mol. The minimum absolute atomic E-state index is 0.750. The molecule has 0 unspecified atom stereocenters. The van der Waals surface area contributed by atoms with E-state index in [9.17, 15) is 0 Å². The number of para-hydroxylation sites is 1. The van der Waals surface area contributed by atoms with Gasteiger partial charge in [0.25, 0.3) is 0 Å². The topological polar surface area (TPSA) is 29.1 Å². The molecule has 0 atom stereocenters. The SMILES string of the molecule is CC=O.CCNc1ccccc1. The normalized spacial score (nSPS) is 7.83. The third-order valence-electron chi connectivity index (χ3n) is 1.15. The lowest BCUT2D eigenvalue weighted by molar-refractivity contribution is -0.106. The largest absolute Gasteiger partial charge is 0.385 e. The number of aldehydes is 1. The van der Waals surface area contributed by atoms with Crippen LogP contribution in [0.15, 0.2) is 30.3 Å². The molecule has 1 aromatic rings.